The van der Waals surface area contributed by atoms with Crippen molar-refractivity contribution < 1.29 is 4.74 Å². The minimum atomic E-state index is 0.438. The Labute approximate surface area is 105 Å². The minimum absolute atomic E-state index is 0.438. The van der Waals surface area contributed by atoms with E-state index in [-0.39, 0.29) is 0 Å². The van der Waals surface area contributed by atoms with Gasteiger partial charge in [-0.15, -0.1) is 0 Å². The molecule has 1 aromatic carbocycles. The molecule has 2 rings (SSSR count). The zero-order valence-electron chi connectivity index (χ0n) is 11.3. The first kappa shape index (κ1) is 12.5. The van der Waals surface area contributed by atoms with Crippen molar-refractivity contribution in [1.82, 2.24) is 0 Å². The average Bonchev–Trinajstić information content (AvgIpc) is 2.33. The molecule has 1 fully saturated rings. The van der Waals surface area contributed by atoms with Crippen LogP contribution >= 0.6 is 0 Å². The van der Waals surface area contributed by atoms with E-state index in [0.29, 0.717) is 6.10 Å². The summed E-state index contributed by atoms with van der Waals surface area (Å²) in [6, 6.07) is 8.41. The van der Waals surface area contributed by atoms with Crippen LogP contribution in [0, 0.1) is 18.8 Å². The standard InChI is InChI=1S/C16H24O/c1-12(2)14-6-10-16(11-7-14)17-15-8-4-13(3)5-9-15/h4-5,8-9,12,14,16H,6-7,10-11H2,1-3H3. The van der Waals surface area contributed by atoms with Crippen molar-refractivity contribution in [3.8, 4) is 5.75 Å². The van der Waals surface area contributed by atoms with Crippen molar-refractivity contribution in [1.29, 1.82) is 0 Å². The molecule has 0 N–H and O–H groups in total. The molecule has 17 heavy (non-hydrogen) atoms. The first-order chi connectivity index (χ1) is 8.15. The zero-order valence-corrected chi connectivity index (χ0v) is 11.3. The summed E-state index contributed by atoms with van der Waals surface area (Å²) in [5.41, 5.74) is 1.29. The Balaban J connectivity index is 1.84. The van der Waals surface area contributed by atoms with Gasteiger partial charge in [-0.2, -0.15) is 0 Å². The van der Waals surface area contributed by atoms with Crippen LogP contribution in [0.2, 0.25) is 0 Å². The summed E-state index contributed by atoms with van der Waals surface area (Å²) in [5, 5.41) is 0. The van der Waals surface area contributed by atoms with E-state index in [2.05, 4.69) is 45.0 Å². The van der Waals surface area contributed by atoms with E-state index in [0.717, 1.165) is 17.6 Å². The van der Waals surface area contributed by atoms with Crippen LogP contribution < -0.4 is 4.74 Å². The molecule has 0 unspecified atom stereocenters. The maximum Gasteiger partial charge on any atom is 0.119 e. The highest BCUT2D eigenvalue weighted by Crippen LogP contribution is 2.31. The van der Waals surface area contributed by atoms with E-state index in [9.17, 15) is 0 Å². The van der Waals surface area contributed by atoms with Gasteiger partial charge in [-0.05, 0) is 56.6 Å². The molecular weight excluding hydrogens is 208 g/mol. The summed E-state index contributed by atoms with van der Waals surface area (Å²) < 4.78 is 6.04. The molecule has 0 amide bonds. The Morgan fingerprint density at radius 3 is 2.12 bits per heavy atom. The highest BCUT2D eigenvalue weighted by molar-refractivity contribution is 5.26. The summed E-state index contributed by atoms with van der Waals surface area (Å²) in [5.74, 6) is 2.77. The van der Waals surface area contributed by atoms with Gasteiger partial charge in [0.2, 0.25) is 0 Å². The SMILES string of the molecule is Cc1ccc(OC2CCC(C(C)C)CC2)cc1. The highest BCUT2D eigenvalue weighted by atomic mass is 16.5. The topological polar surface area (TPSA) is 9.23 Å². The van der Waals surface area contributed by atoms with Gasteiger partial charge in [-0.1, -0.05) is 31.5 Å². The van der Waals surface area contributed by atoms with Crippen molar-refractivity contribution in [3.63, 3.8) is 0 Å². The second-order valence-electron chi connectivity index (χ2n) is 5.71. The normalized spacial score (nSPS) is 24.9. The second kappa shape index (κ2) is 5.57. The number of ether oxygens (including phenoxy) is 1. The molecule has 0 saturated heterocycles. The van der Waals surface area contributed by atoms with Crippen LogP contribution in [0.5, 0.6) is 5.75 Å². The Hall–Kier alpha value is -0.980. The van der Waals surface area contributed by atoms with Crippen LogP contribution in [0.25, 0.3) is 0 Å². The van der Waals surface area contributed by atoms with Gasteiger partial charge in [0.1, 0.15) is 5.75 Å². The second-order valence-corrected chi connectivity index (χ2v) is 5.71. The minimum Gasteiger partial charge on any atom is -0.490 e. The van der Waals surface area contributed by atoms with E-state index < -0.39 is 0 Å². The quantitative estimate of drug-likeness (QED) is 0.740. The van der Waals surface area contributed by atoms with Crippen LogP contribution in [0.3, 0.4) is 0 Å². The van der Waals surface area contributed by atoms with Crippen LogP contribution in [-0.4, -0.2) is 6.10 Å². The molecule has 0 aromatic heterocycles. The molecule has 0 spiro atoms. The fourth-order valence-electron chi connectivity index (χ4n) is 2.68. The van der Waals surface area contributed by atoms with E-state index >= 15 is 0 Å². The fraction of sp³-hybridized carbons (Fsp3) is 0.625. The third kappa shape index (κ3) is 3.49. The van der Waals surface area contributed by atoms with Crippen LogP contribution in [-0.2, 0) is 0 Å². The van der Waals surface area contributed by atoms with Gasteiger partial charge in [0.25, 0.3) is 0 Å². The molecule has 0 atom stereocenters. The molecule has 1 saturated carbocycles. The Morgan fingerprint density at radius 2 is 1.59 bits per heavy atom. The largest absolute Gasteiger partial charge is 0.490 e. The van der Waals surface area contributed by atoms with E-state index in [1.165, 1.54) is 31.2 Å². The first-order valence-electron chi connectivity index (χ1n) is 6.88. The van der Waals surface area contributed by atoms with E-state index in [1.54, 1.807) is 0 Å². The fourth-order valence-corrected chi connectivity index (χ4v) is 2.68. The molecule has 1 aliphatic rings. The highest BCUT2D eigenvalue weighted by Gasteiger charge is 2.24. The molecule has 94 valence electrons. The average molecular weight is 232 g/mol. The molecular formula is C16H24O. The predicted molar refractivity (Wildman–Crippen MR) is 72.4 cm³/mol. The van der Waals surface area contributed by atoms with Gasteiger partial charge in [0, 0.05) is 0 Å². The lowest BCUT2D eigenvalue weighted by Crippen LogP contribution is -2.26. The molecule has 0 radical (unpaired) electrons. The number of benzene rings is 1. The molecule has 1 nitrogen and oxygen atoms in total. The zero-order chi connectivity index (χ0) is 12.3. The van der Waals surface area contributed by atoms with Crippen LogP contribution in [0.1, 0.15) is 45.1 Å². The summed E-state index contributed by atoms with van der Waals surface area (Å²) in [6.45, 7) is 6.79. The summed E-state index contributed by atoms with van der Waals surface area (Å²) in [6.07, 6.45) is 5.53. The van der Waals surface area contributed by atoms with Gasteiger partial charge in [-0.25, -0.2) is 0 Å². The number of rotatable bonds is 3. The van der Waals surface area contributed by atoms with Crippen LogP contribution in [0.4, 0.5) is 0 Å². The van der Waals surface area contributed by atoms with Crippen LogP contribution in [0.15, 0.2) is 24.3 Å². The lowest BCUT2D eigenvalue weighted by molar-refractivity contribution is 0.117. The lowest BCUT2D eigenvalue weighted by Gasteiger charge is -2.31. The number of hydrogen-bond donors (Lipinski definition) is 0. The van der Waals surface area contributed by atoms with Crippen molar-refractivity contribution in [3.05, 3.63) is 29.8 Å². The maximum absolute atomic E-state index is 6.04. The molecule has 1 heteroatoms. The third-order valence-corrected chi connectivity index (χ3v) is 3.99. The van der Waals surface area contributed by atoms with Gasteiger partial charge in [0.05, 0.1) is 6.10 Å². The van der Waals surface area contributed by atoms with Crippen molar-refractivity contribution in [2.75, 3.05) is 0 Å². The number of hydrogen-bond acceptors (Lipinski definition) is 1. The maximum atomic E-state index is 6.04. The monoisotopic (exact) mass is 232 g/mol. The summed E-state index contributed by atoms with van der Waals surface area (Å²) in [7, 11) is 0. The molecule has 0 aliphatic heterocycles. The van der Waals surface area contributed by atoms with Crippen molar-refractivity contribution in [2.45, 2.75) is 52.6 Å². The van der Waals surface area contributed by atoms with Gasteiger partial charge >= 0.3 is 0 Å². The van der Waals surface area contributed by atoms with E-state index in [1.807, 2.05) is 0 Å². The smallest absolute Gasteiger partial charge is 0.119 e. The molecule has 0 heterocycles. The number of aryl methyl sites for hydroxylation is 1. The third-order valence-electron chi connectivity index (χ3n) is 3.99. The van der Waals surface area contributed by atoms with Gasteiger partial charge in [-0.3, -0.25) is 0 Å². The van der Waals surface area contributed by atoms with Gasteiger partial charge in [0.15, 0.2) is 0 Å². The summed E-state index contributed by atoms with van der Waals surface area (Å²) in [4.78, 5) is 0. The van der Waals surface area contributed by atoms with Crippen molar-refractivity contribution in [2.24, 2.45) is 11.8 Å². The molecule has 1 aromatic rings. The Kier molecular flexibility index (Phi) is 4.09. The Bertz CT molecular complexity index is 331. The summed E-state index contributed by atoms with van der Waals surface area (Å²) >= 11 is 0. The van der Waals surface area contributed by atoms with E-state index in [4.69, 9.17) is 4.74 Å². The van der Waals surface area contributed by atoms with Gasteiger partial charge < -0.3 is 4.74 Å². The molecule has 0 bridgehead atoms. The first-order valence-corrected chi connectivity index (χ1v) is 6.88. The predicted octanol–water partition coefficient (Wildman–Crippen LogP) is 4.59. The molecule has 1 aliphatic carbocycles. The van der Waals surface area contributed by atoms with Crippen molar-refractivity contribution >= 4 is 0 Å². The lowest BCUT2D eigenvalue weighted by atomic mass is 9.80. The Morgan fingerprint density at radius 1 is 1.00 bits per heavy atom.